The van der Waals surface area contributed by atoms with Crippen LogP contribution in [0.2, 0.25) is 0 Å². The molecule has 15 heavy (non-hydrogen) atoms. The second-order valence-corrected chi connectivity index (χ2v) is 5.09. The van der Waals surface area contributed by atoms with E-state index < -0.39 is 17.4 Å². The predicted molar refractivity (Wildman–Crippen MR) is 55.5 cm³/mol. The van der Waals surface area contributed by atoms with Crippen LogP contribution in [0.3, 0.4) is 0 Å². The molecule has 1 saturated carbocycles. The van der Waals surface area contributed by atoms with Crippen molar-refractivity contribution >= 4 is 11.6 Å². The van der Waals surface area contributed by atoms with Crippen molar-refractivity contribution in [1.29, 1.82) is 0 Å². The molecule has 88 valence electrons. The van der Waals surface area contributed by atoms with Crippen LogP contribution in [0.1, 0.15) is 38.5 Å². The molecular weight excluding hydrogens is 222 g/mol. The lowest BCUT2D eigenvalue weighted by molar-refractivity contribution is -0.0760. The van der Waals surface area contributed by atoms with Gasteiger partial charge in [0, 0.05) is 18.9 Å². The van der Waals surface area contributed by atoms with Gasteiger partial charge < -0.3 is 4.74 Å². The van der Waals surface area contributed by atoms with E-state index in [2.05, 4.69) is 0 Å². The molecule has 1 heterocycles. The van der Waals surface area contributed by atoms with E-state index in [4.69, 9.17) is 16.3 Å². The molecule has 2 unspecified atom stereocenters. The molecule has 4 heteroatoms. The van der Waals surface area contributed by atoms with Crippen molar-refractivity contribution in [2.24, 2.45) is 5.92 Å². The van der Waals surface area contributed by atoms with Crippen molar-refractivity contribution in [1.82, 2.24) is 0 Å². The Morgan fingerprint density at radius 3 is 2.53 bits per heavy atom. The summed E-state index contributed by atoms with van der Waals surface area (Å²) in [6, 6.07) is 0. The van der Waals surface area contributed by atoms with Gasteiger partial charge in [-0.1, -0.05) is 0 Å². The summed E-state index contributed by atoms with van der Waals surface area (Å²) in [5.74, 6) is -2.67. The number of halogens is 3. The van der Waals surface area contributed by atoms with Crippen LogP contribution >= 0.6 is 11.6 Å². The number of hydrogen-bond acceptors (Lipinski definition) is 1. The Balaban J connectivity index is 2.00. The van der Waals surface area contributed by atoms with E-state index in [1.807, 2.05) is 0 Å². The van der Waals surface area contributed by atoms with Gasteiger partial charge in [0.05, 0.1) is 11.5 Å². The van der Waals surface area contributed by atoms with E-state index in [-0.39, 0.29) is 6.42 Å². The van der Waals surface area contributed by atoms with Gasteiger partial charge in [0.15, 0.2) is 0 Å². The summed E-state index contributed by atoms with van der Waals surface area (Å²) in [5, 5.41) is 0. The highest BCUT2D eigenvalue weighted by Gasteiger charge is 2.48. The zero-order chi connectivity index (χ0) is 10.9. The van der Waals surface area contributed by atoms with Gasteiger partial charge in [-0.05, 0) is 32.1 Å². The first kappa shape index (κ1) is 11.6. The predicted octanol–water partition coefficient (Wildman–Crippen LogP) is 3.60. The summed E-state index contributed by atoms with van der Waals surface area (Å²) < 4.78 is 32.5. The van der Waals surface area contributed by atoms with E-state index in [9.17, 15) is 8.78 Å². The van der Waals surface area contributed by atoms with Crippen LogP contribution in [0.15, 0.2) is 0 Å². The normalized spacial score (nSPS) is 39.8. The molecule has 1 aliphatic carbocycles. The molecule has 0 aromatic carbocycles. The smallest absolute Gasteiger partial charge is 0.251 e. The van der Waals surface area contributed by atoms with E-state index in [1.54, 1.807) is 0 Å². The van der Waals surface area contributed by atoms with Crippen molar-refractivity contribution < 1.29 is 13.5 Å². The third-order valence-corrected chi connectivity index (χ3v) is 4.19. The summed E-state index contributed by atoms with van der Waals surface area (Å²) in [5.41, 5.74) is -0.458. The number of rotatable bonds is 3. The van der Waals surface area contributed by atoms with Gasteiger partial charge >= 0.3 is 0 Å². The van der Waals surface area contributed by atoms with Crippen molar-refractivity contribution in [3.05, 3.63) is 0 Å². The molecule has 0 radical (unpaired) electrons. The summed E-state index contributed by atoms with van der Waals surface area (Å²) in [7, 11) is 0. The van der Waals surface area contributed by atoms with Crippen molar-refractivity contribution in [2.75, 3.05) is 12.5 Å². The molecule has 2 rings (SSSR count). The Hall–Kier alpha value is 0.110. The van der Waals surface area contributed by atoms with Gasteiger partial charge in [-0.2, -0.15) is 0 Å². The third-order valence-electron chi connectivity index (χ3n) is 3.71. The fraction of sp³-hybridized carbons (Fsp3) is 1.00. The molecule has 0 aromatic heterocycles. The number of ether oxygens (including phenoxy) is 1. The fourth-order valence-electron chi connectivity index (χ4n) is 2.78. The van der Waals surface area contributed by atoms with Gasteiger partial charge in [0.2, 0.25) is 0 Å². The third kappa shape index (κ3) is 2.28. The Morgan fingerprint density at radius 2 is 2.07 bits per heavy atom. The zero-order valence-electron chi connectivity index (χ0n) is 8.78. The first-order valence-corrected chi connectivity index (χ1v) is 6.19. The standard InChI is InChI=1S/C11H17ClF2O/c12-8-10(4-2-6-15-10)7-9-3-1-5-11(9,13)14/h9H,1-8H2. The SMILES string of the molecule is FC1(F)CCCC1CC1(CCl)CCCO1. The quantitative estimate of drug-likeness (QED) is 0.683. The summed E-state index contributed by atoms with van der Waals surface area (Å²) >= 11 is 5.87. The van der Waals surface area contributed by atoms with Crippen LogP contribution in [-0.2, 0) is 4.74 Å². The van der Waals surface area contributed by atoms with Gasteiger partial charge in [-0.3, -0.25) is 0 Å². The maximum Gasteiger partial charge on any atom is 0.251 e. The molecule has 2 aliphatic rings. The highest BCUT2D eigenvalue weighted by molar-refractivity contribution is 6.18. The highest BCUT2D eigenvalue weighted by Crippen LogP contribution is 2.46. The maximum absolute atomic E-state index is 13.5. The molecule has 0 aromatic rings. The summed E-state index contributed by atoms with van der Waals surface area (Å²) in [6.07, 6.45) is 3.51. The number of hydrogen-bond donors (Lipinski definition) is 0. The van der Waals surface area contributed by atoms with E-state index in [1.165, 1.54) is 0 Å². The van der Waals surface area contributed by atoms with Crippen LogP contribution in [0.25, 0.3) is 0 Å². The summed E-state index contributed by atoms with van der Waals surface area (Å²) in [6.45, 7) is 0.672. The molecular formula is C11H17ClF2O. The molecule has 0 bridgehead atoms. The zero-order valence-corrected chi connectivity index (χ0v) is 9.53. The van der Waals surface area contributed by atoms with Gasteiger partial charge in [0.1, 0.15) is 0 Å². The topological polar surface area (TPSA) is 9.23 Å². The van der Waals surface area contributed by atoms with Crippen LogP contribution in [0.4, 0.5) is 8.78 Å². The molecule has 0 spiro atoms. The first-order valence-electron chi connectivity index (χ1n) is 5.66. The van der Waals surface area contributed by atoms with E-state index >= 15 is 0 Å². The van der Waals surface area contributed by atoms with Crippen LogP contribution in [-0.4, -0.2) is 24.0 Å². The second kappa shape index (κ2) is 4.17. The monoisotopic (exact) mass is 238 g/mol. The van der Waals surface area contributed by atoms with Crippen molar-refractivity contribution in [3.8, 4) is 0 Å². The molecule has 1 aliphatic heterocycles. The van der Waals surface area contributed by atoms with E-state index in [0.29, 0.717) is 31.7 Å². The molecule has 1 nitrogen and oxygen atoms in total. The molecule has 2 atom stereocenters. The van der Waals surface area contributed by atoms with Crippen LogP contribution in [0, 0.1) is 5.92 Å². The fourth-order valence-corrected chi connectivity index (χ4v) is 3.10. The lowest BCUT2D eigenvalue weighted by Gasteiger charge is -2.31. The minimum atomic E-state index is -2.50. The van der Waals surface area contributed by atoms with Gasteiger partial charge in [0.25, 0.3) is 5.92 Å². The largest absolute Gasteiger partial charge is 0.374 e. The lowest BCUT2D eigenvalue weighted by atomic mass is 9.87. The van der Waals surface area contributed by atoms with Crippen LogP contribution in [0.5, 0.6) is 0 Å². The first-order chi connectivity index (χ1) is 7.08. The average Bonchev–Trinajstić information content (AvgIpc) is 2.76. The molecule has 2 fully saturated rings. The highest BCUT2D eigenvalue weighted by atomic mass is 35.5. The maximum atomic E-state index is 13.5. The summed E-state index contributed by atoms with van der Waals surface area (Å²) in [4.78, 5) is 0. The van der Waals surface area contributed by atoms with Crippen molar-refractivity contribution in [3.63, 3.8) is 0 Å². The molecule has 0 amide bonds. The average molecular weight is 239 g/mol. The van der Waals surface area contributed by atoms with E-state index in [0.717, 1.165) is 12.8 Å². The Morgan fingerprint density at radius 1 is 1.27 bits per heavy atom. The minimum absolute atomic E-state index is 0.0377. The van der Waals surface area contributed by atoms with Crippen molar-refractivity contribution in [2.45, 2.75) is 50.0 Å². The molecule has 1 saturated heterocycles. The lowest BCUT2D eigenvalue weighted by Crippen LogP contribution is -2.36. The van der Waals surface area contributed by atoms with Crippen LogP contribution < -0.4 is 0 Å². The Bertz CT molecular complexity index is 227. The van der Waals surface area contributed by atoms with Gasteiger partial charge in [-0.25, -0.2) is 8.78 Å². The Kier molecular flexibility index (Phi) is 3.22. The minimum Gasteiger partial charge on any atom is -0.374 e. The molecule has 0 N–H and O–H groups in total. The Labute approximate surface area is 94.1 Å². The van der Waals surface area contributed by atoms with Gasteiger partial charge in [-0.15, -0.1) is 11.6 Å². The number of alkyl halides is 3. The second-order valence-electron chi connectivity index (χ2n) is 4.82.